The number of hydrogen-bond acceptors (Lipinski definition) is 3. The lowest BCUT2D eigenvalue weighted by atomic mass is 9.99. The van der Waals surface area contributed by atoms with Crippen LogP contribution in [0.25, 0.3) is 0 Å². The molecule has 0 spiro atoms. The molecule has 1 aliphatic rings. The number of nitriles is 1. The molecule has 3 heteroatoms. The summed E-state index contributed by atoms with van der Waals surface area (Å²) in [5.74, 6) is 0.0898. The van der Waals surface area contributed by atoms with Gasteiger partial charge in [0.15, 0.2) is 0 Å². The van der Waals surface area contributed by atoms with Crippen molar-refractivity contribution < 1.29 is 0 Å². The minimum atomic E-state index is 0.0898. The van der Waals surface area contributed by atoms with Gasteiger partial charge in [0.25, 0.3) is 0 Å². The topological polar surface area (TPSA) is 35.8 Å². The fraction of sp³-hybridized carbons (Fsp3) is 0.643. The summed E-state index contributed by atoms with van der Waals surface area (Å²) in [5, 5.41) is 12.2. The number of rotatable bonds is 4. The van der Waals surface area contributed by atoms with Crippen LogP contribution in [0.15, 0.2) is 6.07 Å². The zero-order valence-electron chi connectivity index (χ0n) is 10.6. The van der Waals surface area contributed by atoms with E-state index in [4.69, 9.17) is 5.26 Å². The van der Waals surface area contributed by atoms with Gasteiger partial charge in [0.05, 0.1) is 12.0 Å². The molecule has 2 atom stereocenters. The first kappa shape index (κ1) is 12.6. The number of fused-ring (bicyclic) bond motifs is 1. The summed E-state index contributed by atoms with van der Waals surface area (Å²) >= 11 is 1.96. The van der Waals surface area contributed by atoms with Crippen molar-refractivity contribution in [2.45, 2.75) is 45.6 Å². The monoisotopic (exact) mass is 248 g/mol. The van der Waals surface area contributed by atoms with Crippen LogP contribution in [0.1, 0.15) is 48.0 Å². The van der Waals surface area contributed by atoms with Gasteiger partial charge in [-0.3, -0.25) is 0 Å². The van der Waals surface area contributed by atoms with E-state index in [0.29, 0.717) is 6.04 Å². The van der Waals surface area contributed by atoms with Gasteiger partial charge in [-0.15, -0.1) is 11.3 Å². The van der Waals surface area contributed by atoms with Crippen LogP contribution < -0.4 is 5.32 Å². The molecule has 1 heterocycles. The van der Waals surface area contributed by atoms with Gasteiger partial charge in [0, 0.05) is 22.3 Å². The van der Waals surface area contributed by atoms with Crippen LogP contribution in [0.5, 0.6) is 0 Å². The van der Waals surface area contributed by atoms with Gasteiger partial charge >= 0.3 is 0 Å². The Balaban J connectivity index is 1.97. The molecule has 2 rings (SSSR count). The minimum Gasteiger partial charge on any atom is -0.308 e. The van der Waals surface area contributed by atoms with Crippen molar-refractivity contribution >= 4 is 11.3 Å². The summed E-state index contributed by atoms with van der Waals surface area (Å²) in [6.45, 7) is 4.93. The average Bonchev–Trinajstić information content (AvgIpc) is 2.79. The molecule has 0 bridgehead atoms. The standard InChI is InChI=1S/C14H20N2S/c1-10(8-15)9-16-11(2)14-7-12-5-3-4-6-13(12)17-14/h7,10-11,16H,3-6,9H2,1-2H3. The number of nitrogens with zero attached hydrogens (tertiary/aromatic N) is 1. The molecule has 0 aromatic carbocycles. The maximum Gasteiger partial charge on any atom is 0.0666 e. The van der Waals surface area contributed by atoms with E-state index in [1.54, 1.807) is 10.4 Å². The normalized spacial score (nSPS) is 18.2. The fourth-order valence-corrected chi connectivity index (χ4v) is 3.51. The van der Waals surface area contributed by atoms with Crippen molar-refractivity contribution in [3.05, 3.63) is 21.4 Å². The van der Waals surface area contributed by atoms with Gasteiger partial charge in [-0.1, -0.05) is 0 Å². The van der Waals surface area contributed by atoms with Gasteiger partial charge in [-0.05, 0) is 51.2 Å². The van der Waals surface area contributed by atoms with Crippen molar-refractivity contribution in [1.29, 1.82) is 5.26 Å². The second kappa shape index (κ2) is 5.66. The lowest BCUT2D eigenvalue weighted by molar-refractivity contribution is 0.533. The molecule has 0 radical (unpaired) electrons. The van der Waals surface area contributed by atoms with Gasteiger partial charge in [-0.25, -0.2) is 0 Å². The summed E-state index contributed by atoms with van der Waals surface area (Å²) in [6, 6.07) is 5.01. The Morgan fingerprint density at radius 3 is 2.88 bits per heavy atom. The van der Waals surface area contributed by atoms with Crippen molar-refractivity contribution in [1.82, 2.24) is 5.32 Å². The summed E-state index contributed by atoms with van der Waals surface area (Å²) in [7, 11) is 0. The summed E-state index contributed by atoms with van der Waals surface area (Å²) in [6.07, 6.45) is 5.21. The van der Waals surface area contributed by atoms with Crippen LogP contribution in [0.3, 0.4) is 0 Å². The molecule has 1 aromatic rings. The molecule has 2 nitrogen and oxygen atoms in total. The molecule has 0 saturated heterocycles. The van der Waals surface area contributed by atoms with Crippen LogP contribution in [0.2, 0.25) is 0 Å². The maximum absolute atomic E-state index is 8.76. The quantitative estimate of drug-likeness (QED) is 0.886. The summed E-state index contributed by atoms with van der Waals surface area (Å²) in [4.78, 5) is 3.02. The zero-order chi connectivity index (χ0) is 12.3. The van der Waals surface area contributed by atoms with E-state index in [2.05, 4.69) is 24.4 Å². The molecule has 0 saturated carbocycles. The molecule has 2 unspecified atom stereocenters. The van der Waals surface area contributed by atoms with Crippen molar-refractivity contribution in [2.75, 3.05) is 6.54 Å². The largest absolute Gasteiger partial charge is 0.308 e. The average molecular weight is 248 g/mol. The van der Waals surface area contributed by atoms with E-state index < -0.39 is 0 Å². The zero-order valence-corrected chi connectivity index (χ0v) is 11.4. The minimum absolute atomic E-state index is 0.0898. The molecular formula is C14H20N2S. The van der Waals surface area contributed by atoms with Crippen LogP contribution >= 0.6 is 11.3 Å². The van der Waals surface area contributed by atoms with Crippen molar-refractivity contribution in [3.63, 3.8) is 0 Å². The lowest BCUT2D eigenvalue weighted by Crippen LogP contribution is -2.23. The van der Waals surface area contributed by atoms with Crippen molar-refractivity contribution in [3.8, 4) is 6.07 Å². The molecule has 1 N–H and O–H groups in total. The Bertz CT molecular complexity index is 393. The van der Waals surface area contributed by atoms with E-state index in [0.717, 1.165) is 6.54 Å². The number of nitrogens with one attached hydrogen (secondary N) is 1. The van der Waals surface area contributed by atoms with E-state index in [9.17, 15) is 0 Å². The van der Waals surface area contributed by atoms with Crippen LogP contribution in [-0.2, 0) is 12.8 Å². The molecule has 1 aliphatic carbocycles. The van der Waals surface area contributed by atoms with E-state index in [-0.39, 0.29) is 5.92 Å². The number of thiophene rings is 1. The van der Waals surface area contributed by atoms with E-state index >= 15 is 0 Å². The highest BCUT2D eigenvalue weighted by Crippen LogP contribution is 2.32. The fourth-order valence-electron chi connectivity index (χ4n) is 2.23. The number of aryl methyl sites for hydroxylation is 2. The van der Waals surface area contributed by atoms with Gasteiger partial charge in [0.2, 0.25) is 0 Å². The Morgan fingerprint density at radius 1 is 1.41 bits per heavy atom. The third-order valence-corrected chi connectivity index (χ3v) is 4.81. The molecule has 0 aliphatic heterocycles. The highest BCUT2D eigenvalue weighted by Gasteiger charge is 2.16. The van der Waals surface area contributed by atoms with Gasteiger partial charge in [-0.2, -0.15) is 5.26 Å². The van der Waals surface area contributed by atoms with Gasteiger partial charge < -0.3 is 5.32 Å². The Morgan fingerprint density at radius 2 is 2.18 bits per heavy atom. The number of hydrogen-bond donors (Lipinski definition) is 1. The highest BCUT2D eigenvalue weighted by molar-refractivity contribution is 7.12. The Labute approximate surface area is 108 Å². The molecule has 1 aromatic heterocycles. The summed E-state index contributed by atoms with van der Waals surface area (Å²) in [5.41, 5.74) is 1.57. The Hall–Kier alpha value is -0.850. The first-order valence-corrected chi connectivity index (χ1v) is 7.27. The second-order valence-corrected chi connectivity index (χ2v) is 6.13. The van der Waals surface area contributed by atoms with Crippen molar-refractivity contribution in [2.24, 2.45) is 5.92 Å². The first-order chi connectivity index (χ1) is 8.20. The predicted molar refractivity (Wildman–Crippen MR) is 72.2 cm³/mol. The van der Waals surface area contributed by atoms with E-state index in [1.807, 2.05) is 18.3 Å². The highest BCUT2D eigenvalue weighted by atomic mass is 32.1. The van der Waals surface area contributed by atoms with Gasteiger partial charge in [0.1, 0.15) is 0 Å². The SMILES string of the molecule is CC(C#N)CNC(C)c1cc2c(s1)CCCC2. The third kappa shape index (κ3) is 3.08. The van der Waals surface area contributed by atoms with Crippen LogP contribution in [-0.4, -0.2) is 6.54 Å². The molecule has 17 heavy (non-hydrogen) atoms. The van der Waals surface area contributed by atoms with E-state index in [1.165, 1.54) is 30.6 Å². The third-order valence-electron chi connectivity index (χ3n) is 3.39. The predicted octanol–water partition coefficient (Wildman–Crippen LogP) is 3.44. The smallest absolute Gasteiger partial charge is 0.0666 e. The lowest BCUT2D eigenvalue weighted by Gasteiger charge is -2.12. The molecule has 0 fully saturated rings. The van der Waals surface area contributed by atoms with Crippen LogP contribution in [0.4, 0.5) is 0 Å². The molecular weight excluding hydrogens is 228 g/mol. The maximum atomic E-state index is 8.76. The molecule has 0 amide bonds. The second-order valence-electron chi connectivity index (χ2n) is 4.96. The summed E-state index contributed by atoms with van der Waals surface area (Å²) < 4.78 is 0. The molecule has 92 valence electrons. The van der Waals surface area contributed by atoms with Crippen LogP contribution in [0, 0.1) is 17.2 Å². The first-order valence-electron chi connectivity index (χ1n) is 6.45. The Kier molecular flexibility index (Phi) is 4.20.